The molecule has 2 aromatic rings. The summed E-state index contributed by atoms with van der Waals surface area (Å²) in [5.41, 5.74) is 1.27. The number of nitrogens with zero attached hydrogens (tertiary/aromatic N) is 2. The molecule has 0 bridgehead atoms. The Labute approximate surface area is 124 Å². The summed E-state index contributed by atoms with van der Waals surface area (Å²) in [6, 6.07) is 6.34. The minimum atomic E-state index is -0.503. The van der Waals surface area contributed by atoms with Crippen LogP contribution in [-0.2, 0) is 9.59 Å². The van der Waals surface area contributed by atoms with Crippen molar-refractivity contribution in [3.05, 3.63) is 48.1 Å². The van der Waals surface area contributed by atoms with E-state index in [0.717, 1.165) is 11.1 Å². The molecule has 0 unspecified atom stereocenters. The van der Waals surface area contributed by atoms with Gasteiger partial charge >= 0.3 is 0 Å². The summed E-state index contributed by atoms with van der Waals surface area (Å²) in [5, 5.41) is 12.3. The molecular weight excluding hydrogens is 289 g/mol. The molecule has 2 heterocycles. The molecule has 1 aliphatic rings. The number of fused-ring (bicyclic) bond motifs is 1. The summed E-state index contributed by atoms with van der Waals surface area (Å²) < 4.78 is 13.2. The van der Waals surface area contributed by atoms with Crippen LogP contribution in [0.25, 0.3) is 10.9 Å². The Bertz CT molecular complexity index is 804. The molecule has 0 fully saturated rings. The third-order valence-electron chi connectivity index (χ3n) is 3.26. The topological polar surface area (TPSA) is 82.5 Å². The number of aromatic nitrogens is 1. The van der Waals surface area contributed by atoms with Crippen LogP contribution in [0.2, 0.25) is 0 Å². The van der Waals surface area contributed by atoms with Crippen molar-refractivity contribution in [1.82, 2.24) is 9.88 Å². The van der Waals surface area contributed by atoms with Gasteiger partial charge in [0.05, 0.1) is 24.9 Å². The zero-order valence-electron chi connectivity index (χ0n) is 11.4. The van der Waals surface area contributed by atoms with Crippen molar-refractivity contribution >= 4 is 28.4 Å². The van der Waals surface area contributed by atoms with Gasteiger partial charge in [0, 0.05) is 17.1 Å². The summed E-state index contributed by atoms with van der Waals surface area (Å²) in [4.78, 5) is 28.6. The Hall–Kier alpha value is -2.80. The number of aliphatic hydroxyl groups is 1. The monoisotopic (exact) mass is 301 g/mol. The van der Waals surface area contributed by atoms with E-state index in [0.29, 0.717) is 16.6 Å². The van der Waals surface area contributed by atoms with Crippen molar-refractivity contribution in [2.45, 2.75) is 0 Å². The number of imide groups is 1. The van der Waals surface area contributed by atoms with Crippen molar-refractivity contribution in [3.8, 4) is 0 Å². The van der Waals surface area contributed by atoms with Gasteiger partial charge in [0.25, 0.3) is 11.8 Å². The number of anilines is 1. The summed E-state index contributed by atoms with van der Waals surface area (Å²) in [5.74, 6) is -1.43. The van der Waals surface area contributed by atoms with E-state index in [1.54, 1.807) is 18.2 Å². The predicted octanol–water partition coefficient (Wildman–Crippen LogP) is 1.03. The maximum atomic E-state index is 13.2. The average molecular weight is 301 g/mol. The highest BCUT2D eigenvalue weighted by molar-refractivity contribution is 6.17. The number of amides is 2. The highest BCUT2D eigenvalue weighted by atomic mass is 19.1. The first-order valence-corrected chi connectivity index (χ1v) is 6.59. The number of halogens is 1. The number of hydrogen-bond donors (Lipinski definition) is 2. The van der Waals surface area contributed by atoms with E-state index >= 15 is 0 Å². The van der Waals surface area contributed by atoms with Crippen LogP contribution < -0.4 is 5.32 Å². The molecule has 1 aromatic heterocycles. The molecule has 1 aliphatic heterocycles. The first-order valence-electron chi connectivity index (χ1n) is 6.59. The third-order valence-corrected chi connectivity index (χ3v) is 3.26. The molecule has 2 amide bonds. The quantitative estimate of drug-likeness (QED) is 0.824. The molecule has 0 aliphatic carbocycles. The van der Waals surface area contributed by atoms with Crippen molar-refractivity contribution in [3.63, 3.8) is 0 Å². The van der Waals surface area contributed by atoms with E-state index in [-0.39, 0.29) is 18.8 Å². The predicted molar refractivity (Wildman–Crippen MR) is 77.2 cm³/mol. The Balaban J connectivity index is 1.86. The highest BCUT2D eigenvalue weighted by Gasteiger charge is 2.30. The van der Waals surface area contributed by atoms with E-state index in [1.807, 2.05) is 0 Å². The lowest BCUT2D eigenvalue weighted by Crippen LogP contribution is -2.34. The second-order valence-corrected chi connectivity index (χ2v) is 4.76. The Kier molecular flexibility index (Phi) is 3.56. The number of aliphatic hydroxyl groups excluding tert-OH is 1. The molecule has 0 spiro atoms. The number of carbonyl (C=O) groups excluding carboxylic acids is 2. The lowest BCUT2D eigenvalue weighted by molar-refractivity contribution is -0.137. The van der Waals surface area contributed by atoms with Crippen molar-refractivity contribution < 1.29 is 19.1 Å². The Morgan fingerprint density at radius 1 is 1.27 bits per heavy atom. The van der Waals surface area contributed by atoms with Crippen LogP contribution in [0.1, 0.15) is 0 Å². The Morgan fingerprint density at radius 2 is 2.09 bits per heavy atom. The van der Waals surface area contributed by atoms with Crippen LogP contribution in [0.15, 0.2) is 42.2 Å². The number of pyridine rings is 1. The maximum Gasteiger partial charge on any atom is 0.277 e. The highest BCUT2D eigenvalue weighted by Crippen LogP contribution is 2.21. The fourth-order valence-corrected chi connectivity index (χ4v) is 2.25. The largest absolute Gasteiger partial charge is 0.395 e. The van der Waals surface area contributed by atoms with Gasteiger partial charge in [-0.15, -0.1) is 0 Å². The van der Waals surface area contributed by atoms with Crippen LogP contribution >= 0.6 is 0 Å². The maximum absolute atomic E-state index is 13.2. The molecule has 7 heteroatoms. The molecule has 0 radical (unpaired) electrons. The zero-order chi connectivity index (χ0) is 15.7. The van der Waals surface area contributed by atoms with E-state index in [2.05, 4.69) is 10.3 Å². The molecule has 0 saturated heterocycles. The van der Waals surface area contributed by atoms with Gasteiger partial charge < -0.3 is 10.4 Å². The summed E-state index contributed by atoms with van der Waals surface area (Å²) >= 11 is 0. The van der Waals surface area contributed by atoms with Gasteiger partial charge in [-0.3, -0.25) is 19.5 Å². The molecule has 0 saturated carbocycles. The average Bonchev–Trinajstić information content (AvgIpc) is 2.75. The van der Waals surface area contributed by atoms with Gasteiger partial charge in [-0.1, -0.05) is 0 Å². The number of β-amino-alcohol motifs (C(OH)–C–C–N with tert-alkyl or cyclic N) is 1. The second-order valence-electron chi connectivity index (χ2n) is 4.76. The van der Waals surface area contributed by atoms with Gasteiger partial charge in [0.1, 0.15) is 11.5 Å². The third kappa shape index (κ3) is 2.53. The second kappa shape index (κ2) is 5.53. The summed E-state index contributed by atoms with van der Waals surface area (Å²) in [6.45, 7) is -0.342. The van der Waals surface area contributed by atoms with Crippen LogP contribution in [0.3, 0.4) is 0 Å². The number of rotatable bonds is 4. The van der Waals surface area contributed by atoms with E-state index in [4.69, 9.17) is 5.11 Å². The van der Waals surface area contributed by atoms with Gasteiger partial charge in [-0.2, -0.15) is 0 Å². The zero-order valence-corrected chi connectivity index (χ0v) is 11.4. The number of carbonyl (C=O) groups is 2. The van der Waals surface area contributed by atoms with Gasteiger partial charge in [-0.05, 0) is 24.3 Å². The standard InChI is InChI=1S/C15H12FN3O3/c16-10-5-9-6-11(1-2-12(9)17-8-10)18-13-7-14(21)19(3-4-20)15(13)22/h1-2,5-8,18,20H,3-4H2. The van der Waals surface area contributed by atoms with Crippen LogP contribution in [0.5, 0.6) is 0 Å². The van der Waals surface area contributed by atoms with Gasteiger partial charge in [0.15, 0.2) is 0 Å². The molecule has 1 aromatic carbocycles. The van der Waals surface area contributed by atoms with Gasteiger partial charge in [0.2, 0.25) is 0 Å². The molecule has 3 rings (SSSR count). The van der Waals surface area contributed by atoms with E-state index < -0.39 is 17.6 Å². The number of nitrogens with one attached hydrogen (secondary N) is 1. The van der Waals surface area contributed by atoms with Gasteiger partial charge in [-0.25, -0.2) is 4.39 Å². The smallest absolute Gasteiger partial charge is 0.277 e. The lowest BCUT2D eigenvalue weighted by atomic mass is 10.2. The number of hydrogen-bond acceptors (Lipinski definition) is 5. The van der Waals surface area contributed by atoms with E-state index in [9.17, 15) is 14.0 Å². The van der Waals surface area contributed by atoms with Crippen molar-refractivity contribution in [2.75, 3.05) is 18.5 Å². The molecule has 112 valence electrons. The lowest BCUT2D eigenvalue weighted by Gasteiger charge is -2.13. The first-order chi connectivity index (χ1) is 10.6. The molecule has 2 N–H and O–H groups in total. The van der Waals surface area contributed by atoms with Crippen molar-refractivity contribution in [1.29, 1.82) is 0 Å². The minimum absolute atomic E-state index is 0.0494. The normalized spacial score (nSPS) is 14.6. The SMILES string of the molecule is O=C1C=C(Nc2ccc3ncc(F)cc3c2)C(=O)N1CCO. The fraction of sp³-hybridized carbons (Fsp3) is 0.133. The minimum Gasteiger partial charge on any atom is -0.395 e. The van der Waals surface area contributed by atoms with Crippen LogP contribution in [0.4, 0.5) is 10.1 Å². The summed E-state index contributed by atoms with van der Waals surface area (Å²) in [7, 11) is 0. The van der Waals surface area contributed by atoms with Crippen molar-refractivity contribution in [2.24, 2.45) is 0 Å². The molecule has 6 nitrogen and oxygen atoms in total. The molecule has 0 atom stereocenters. The fourth-order valence-electron chi connectivity index (χ4n) is 2.25. The van der Waals surface area contributed by atoms with E-state index in [1.165, 1.54) is 12.1 Å². The van der Waals surface area contributed by atoms with Crippen LogP contribution in [0, 0.1) is 5.82 Å². The molecular formula is C15H12FN3O3. The van der Waals surface area contributed by atoms with Crippen LogP contribution in [-0.4, -0.2) is 40.0 Å². The first kappa shape index (κ1) is 14.2. The summed E-state index contributed by atoms with van der Waals surface area (Å²) in [6.07, 6.45) is 2.30. The number of benzene rings is 1. The Morgan fingerprint density at radius 3 is 2.86 bits per heavy atom. The molecule has 22 heavy (non-hydrogen) atoms.